The summed E-state index contributed by atoms with van der Waals surface area (Å²) in [6.45, 7) is 2.17. The maximum absolute atomic E-state index is 12.2. The molecule has 0 unspecified atom stereocenters. The number of fused-ring (bicyclic) bond motifs is 1. The van der Waals surface area contributed by atoms with Crippen molar-refractivity contribution in [3.63, 3.8) is 0 Å². The van der Waals surface area contributed by atoms with Crippen LogP contribution in [0.1, 0.15) is 18.1 Å². The van der Waals surface area contributed by atoms with Crippen molar-refractivity contribution < 1.29 is 9.59 Å². The summed E-state index contributed by atoms with van der Waals surface area (Å²) in [5.74, 6) is 5.48. The van der Waals surface area contributed by atoms with Gasteiger partial charge in [0.15, 0.2) is 5.78 Å². The average molecular weight is 302 g/mol. The third kappa shape index (κ3) is 4.08. The van der Waals surface area contributed by atoms with Crippen molar-refractivity contribution >= 4 is 11.7 Å². The molecule has 0 saturated carbocycles. The van der Waals surface area contributed by atoms with E-state index in [1.807, 2.05) is 12.1 Å². The first-order valence-electron chi connectivity index (χ1n) is 7.31. The molecule has 0 heterocycles. The second kappa shape index (κ2) is 7.09. The highest BCUT2D eigenvalue weighted by Gasteiger charge is 2.26. The van der Waals surface area contributed by atoms with Gasteiger partial charge in [0.1, 0.15) is 0 Å². The molecular formula is C16H22N4O2. The Morgan fingerprint density at radius 1 is 1.32 bits per heavy atom. The third-order valence-corrected chi connectivity index (χ3v) is 3.80. The van der Waals surface area contributed by atoms with Crippen LogP contribution in [0.25, 0.3) is 0 Å². The number of nitrogens with zero attached hydrogens (tertiary/aromatic N) is 1. The molecule has 6 heteroatoms. The number of benzene rings is 1. The van der Waals surface area contributed by atoms with E-state index in [-0.39, 0.29) is 23.3 Å². The zero-order valence-corrected chi connectivity index (χ0v) is 12.7. The summed E-state index contributed by atoms with van der Waals surface area (Å²) in [5.41, 5.74) is 8.10. The number of nitrogens with one attached hydrogen (secondary N) is 1. The second-order valence-corrected chi connectivity index (χ2v) is 5.54. The molecule has 0 bridgehead atoms. The third-order valence-electron chi connectivity index (χ3n) is 3.80. The summed E-state index contributed by atoms with van der Waals surface area (Å²) in [7, 11) is 0. The van der Waals surface area contributed by atoms with Crippen molar-refractivity contribution in [3.05, 3.63) is 47.3 Å². The van der Waals surface area contributed by atoms with E-state index in [0.29, 0.717) is 13.1 Å². The molecule has 0 aromatic heterocycles. The number of allylic oxidation sites excluding steroid dienone is 1. The Hall–Kier alpha value is -2.34. The zero-order valence-electron chi connectivity index (χ0n) is 12.7. The van der Waals surface area contributed by atoms with Gasteiger partial charge in [-0.3, -0.25) is 9.59 Å². The van der Waals surface area contributed by atoms with Crippen LogP contribution in [-0.2, 0) is 22.4 Å². The van der Waals surface area contributed by atoms with E-state index in [4.69, 9.17) is 11.6 Å². The Bertz CT molecular complexity index is 573. The Morgan fingerprint density at radius 2 is 1.91 bits per heavy atom. The lowest BCUT2D eigenvalue weighted by Crippen LogP contribution is -2.39. The number of carbonyl (C=O) groups is 2. The van der Waals surface area contributed by atoms with E-state index in [2.05, 4.69) is 17.4 Å². The van der Waals surface area contributed by atoms with Gasteiger partial charge in [0.2, 0.25) is 5.91 Å². The molecule has 1 amide bonds. The van der Waals surface area contributed by atoms with Gasteiger partial charge < -0.3 is 16.1 Å². The fourth-order valence-corrected chi connectivity index (χ4v) is 2.53. The first-order chi connectivity index (χ1) is 10.5. The fraction of sp³-hybridized carbons (Fsp3) is 0.375. The molecule has 2 rings (SSSR count). The molecule has 0 atom stereocenters. The number of hydrazine groups is 1. The standard InChI is InChI=1S/C16H22N4O2/c1-11(21)15(17)10-20(18)7-6-19-16(22)14-8-12-4-2-3-5-13(12)9-14/h2-5,10,14H,6-9,17-18H2,1H3,(H,19,22)/b15-10-. The molecular weight excluding hydrogens is 280 g/mol. The van der Waals surface area contributed by atoms with Gasteiger partial charge in [-0.1, -0.05) is 24.3 Å². The SMILES string of the molecule is CC(=O)/C(N)=C/N(N)CCNC(=O)C1Cc2ccccc2C1. The average Bonchev–Trinajstić information content (AvgIpc) is 2.90. The molecule has 0 radical (unpaired) electrons. The van der Waals surface area contributed by atoms with Crippen LogP contribution in [0.2, 0.25) is 0 Å². The molecule has 0 fully saturated rings. The predicted molar refractivity (Wildman–Crippen MR) is 84.2 cm³/mol. The normalized spacial score (nSPS) is 14.5. The van der Waals surface area contributed by atoms with Crippen LogP contribution < -0.4 is 16.9 Å². The van der Waals surface area contributed by atoms with Gasteiger partial charge in [-0.2, -0.15) is 0 Å². The van der Waals surface area contributed by atoms with E-state index in [1.54, 1.807) is 0 Å². The number of amides is 1. The lowest BCUT2D eigenvalue weighted by molar-refractivity contribution is -0.124. The highest BCUT2D eigenvalue weighted by molar-refractivity contribution is 5.92. The van der Waals surface area contributed by atoms with Gasteiger partial charge in [0, 0.05) is 25.6 Å². The topological polar surface area (TPSA) is 101 Å². The molecule has 22 heavy (non-hydrogen) atoms. The summed E-state index contributed by atoms with van der Waals surface area (Å²) >= 11 is 0. The van der Waals surface area contributed by atoms with Crippen LogP contribution in [0.4, 0.5) is 0 Å². The van der Waals surface area contributed by atoms with Crippen molar-refractivity contribution in [2.24, 2.45) is 17.5 Å². The molecule has 1 aliphatic carbocycles. The minimum absolute atomic E-state index is 0.0125. The Balaban J connectivity index is 1.76. The van der Waals surface area contributed by atoms with Gasteiger partial charge in [-0.15, -0.1) is 0 Å². The molecule has 118 valence electrons. The number of nitrogens with two attached hydrogens (primary N) is 2. The summed E-state index contributed by atoms with van der Waals surface area (Å²) in [4.78, 5) is 23.2. The Morgan fingerprint density at radius 3 is 2.45 bits per heavy atom. The lowest BCUT2D eigenvalue weighted by Gasteiger charge is -2.16. The van der Waals surface area contributed by atoms with Gasteiger partial charge in [-0.25, -0.2) is 5.84 Å². The van der Waals surface area contributed by atoms with Crippen LogP contribution in [0.3, 0.4) is 0 Å². The predicted octanol–water partition coefficient (Wildman–Crippen LogP) is 0.0824. The number of rotatable bonds is 6. The van der Waals surface area contributed by atoms with Crippen LogP contribution in [-0.4, -0.2) is 29.8 Å². The Labute approximate surface area is 130 Å². The van der Waals surface area contributed by atoms with Gasteiger partial charge in [0.05, 0.1) is 12.2 Å². The van der Waals surface area contributed by atoms with E-state index in [1.165, 1.54) is 29.3 Å². The minimum atomic E-state index is -0.233. The van der Waals surface area contributed by atoms with Gasteiger partial charge >= 0.3 is 0 Å². The van der Waals surface area contributed by atoms with Crippen molar-refractivity contribution in [2.45, 2.75) is 19.8 Å². The van der Waals surface area contributed by atoms with Crippen LogP contribution in [0.15, 0.2) is 36.2 Å². The molecule has 1 aromatic carbocycles. The van der Waals surface area contributed by atoms with Crippen molar-refractivity contribution in [1.82, 2.24) is 10.3 Å². The number of ketones is 1. The highest BCUT2D eigenvalue weighted by atomic mass is 16.2. The quantitative estimate of drug-likeness (QED) is 0.392. The van der Waals surface area contributed by atoms with Crippen molar-refractivity contribution in [1.29, 1.82) is 0 Å². The van der Waals surface area contributed by atoms with E-state index < -0.39 is 0 Å². The highest BCUT2D eigenvalue weighted by Crippen LogP contribution is 2.26. The Kier molecular flexibility index (Phi) is 5.16. The maximum Gasteiger partial charge on any atom is 0.223 e. The summed E-state index contributed by atoms with van der Waals surface area (Å²) < 4.78 is 0. The zero-order chi connectivity index (χ0) is 16.1. The van der Waals surface area contributed by atoms with Gasteiger partial charge in [-0.05, 0) is 24.0 Å². The largest absolute Gasteiger partial charge is 0.395 e. The number of hydrogen-bond acceptors (Lipinski definition) is 5. The summed E-state index contributed by atoms with van der Waals surface area (Å²) in [5, 5.41) is 4.18. The van der Waals surface area contributed by atoms with E-state index in [0.717, 1.165) is 12.8 Å². The first-order valence-corrected chi connectivity index (χ1v) is 7.31. The lowest BCUT2D eigenvalue weighted by atomic mass is 10.1. The molecule has 0 spiro atoms. The first kappa shape index (κ1) is 16.0. The molecule has 5 N–H and O–H groups in total. The van der Waals surface area contributed by atoms with Crippen molar-refractivity contribution in [2.75, 3.05) is 13.1 Å². The second-order valence-electron chi connectivity index (χ2n) is 5.54. The van der Waals surface area contributed by atoms with Crippen molar-refractivity contribution in [3.8, 4) is 0 Å². The smallest absolute Gasteiger partial charge is 0.223 e. The molecule has 0 saturated heterocycles. The number of carbonyl (C=O) groups excluding carboxylic acids is 2. The summed E-state index contributed by atoms with van der Waals surface area (Å²) in [6, 6.07) is 8.13. The monoisotopic (exact) mass is 302 g/mol. The van der Waals surface area contributed by atoms with E-state index in [9.17, 15) is 9.59 Å². The summed E-state index contributed by atoms with van der Waals surface area (Å²) in [6.07, 6.45) is 2.94. The molecule has 0 aliphatic heterocycles. The number of Topliss-reactive ketones (excluding diaryl/α,β-unsaturated/α-hetero) is 1. The minimum Gasteiger partial charge on any atom is -0.395 e. The van der Waals surface area contributed by atoms with Gasteiger partial charge in [0.25, 0.3) is 0 Å². The maximum atomic E-state index is 12.2. The molecule has 6 nitrogen and oxygen atoms in total. The molecule has 1 aliphatic rings. The van der Waals surface area contributed by atoms with Crippen LogP contribution >= 0.6 is 0 Å². The van der Waals surface area contributed by atoms with Crippen LogP contribution in [0, 0.1) is 5.92 Å². The fourth-order valence-electron chi connectivity index (χ4n) is 2.53. The number of hydrogen-bond donors (Lipinski definition) is 3. The van der Waals surface area contributed by atoms with Crippen LogP contribution in [0.5, 0.6) is 0 Å². The van der Waals surface area contributed by atoms with E-state index >= 15 is 0 Å². The molecule has 1 aromatic rings.